The first-order valence-corrected chi connectivity index (χ1v) is 7.71. The molecule has 0 radical (unpaired) electrons. The van der Waals surface area contributed by atoms with Gasteiger partial charge in [-0.1, -0.05) is 26.2 Å². The summed E-state index contributed by atoms with van der Waals surface area (Å²) >= 11 is 4.02. The lowest BCUT2D eigenvalue weighted by atomic mass is 9.93. The van der Waals surface area contributed by atoms with E-state index in [2.05, 4.69) is 36.1 Å². The molecule has 1 aliphatic heterocycles. The third-order valence-corrected chi connectivity index (χ3v) is 3.81. The van der Waals surface area contributed by atoms with Gasteiger partial charge < -0.3 is 9.64 Å². The standard InChI is InChI=1S/C14H27N3OS/c1-3-4-5-6-10-18-14(15)13(16-19)12-8-7-9-17(2)11-12/h12,15,19H,3-11H2,1-2H3/b15-14?,16-13-. The van der Waals surface area contributed by atoms with Gasteiger partial charge in [-0.05, 0) is 45.7 Å². The summed E-state index contributed by atoms with van der Waals surface area (Å²) in [5.74, 6) is 0.506. The highest BCUT2D eigenvalue weighted by molar-refractivity contribution is 7.79. The summed E-state index contributed by atoms with van der Waals surface area (Å²) in [6, 6.07) is 0. The van der Waals surface area contributed by atoms with Gasteiger partial charge in [-0.15, -0.1) is 0 Å². The molecule has 0 bridgehead atoms. The Bertz CT molecular complexity index is 307. The molecule has 1 atom stereocenters. The molecule has 0 saturated carbocycles. The lowest BCUT2D eigenvalue weighted by Crippen LogP contribution is -2.39. The summed E-state index contributed by atoms with van der Waals surface area (Å²) < 4.78 is 9.51. The summed E-state index contributed by atoms with van der Waals surface area (Å²) in [4.78, 5) is 2.28. The second-order valence-corrected chi connectivity index (χ2v) is 5.52. The molecule has 0 spiro atoms. The molecule has 0 amide bonds. The molecule has 110 valence electrons. The van der Waals surface area contributed by atoms with Gasteiger partial charge >= 0.3 is 0 Å². The van der Waals surface area contributed by atoms with E-state index in [0.29, 0.717) is 18.2 Å². The van der Waals surface area contributed by atoms with Gasteiger partial charge in [0.2, 0.25) is 5.90 Å². The van der Waals surface area contributed by atoms with Crippen molar-refractivity contribution in [3.05, 3.63) is 0 Å². The number of hydrogen-bond donors (Lipinski definition) is 2. The molecule has 19 heavy (non-hydrogen) atoms. The van der Waals surface area contributed by atoms with Crippen molar-refractivity contribution in [2.45, 2.75) is 45.4 Å². The van der Waals surface area contributed by atoms with Crippen LogP contribution in [0.5, 0.6) is 0 Å². The number of unbranched alkanes of at least 4 members (excludes halogenated alkanes) is 3. The lowest BCUT2D eigenvalue weighted by molar-refractivity contribution is 0.244. The van der Waals surface area contributed by atoms with E-state index in [1.54, 1.807) is 0 Å². The number of nitrogens with zero attached hydrogens (tertiary/aromatic N) is 2. The fourth-order valence-electron chi connectivity index (χ4n) is 2.48. The highest BCUT2D eigenvalue weighted by Gasteiger charge is 2.25. The van der Waals surface area contributed by atoms with Crippen LogP contribution in [-0.2, 0) is 4.74 Å². The molecule has 1 saturated heterocycles. The highest BCUT2D eigenvalue weighted by atomic mass is 32.1. The molecular formula is C14H27N3OS. The van der Waals surface area contributed by atoms with Gasteiger partial charge in [-0.25, -0.2) is 4.40 Å². The predicted octanol–water partition coefficient (Wildman–Crippen LogP) is 3.19. The molecule has 0 aromatic carbocycles. The topological polar surface area (TPSA) is 48.7 Å². The van der Waals surface area contributed by atoms with E-state index < -0.39 is 0 Å². The first-order chi connectivity index (χ1) is 9.19. The van der Waals surface area contributed by atoms with Crippen LogP contribution in [0.3, 0.4) is 0 Å². The van der Waals surface area contributed by atoms with Crippen LogP contribution >= 0.6 is 12.8 Å². The summed E-state index contributed by atoms with van der Waals surface area (Å²) in [6.45, 7) is 4.88. The average Bonchev–Trinajstić information content (AvgIpc) is 2.39. The minimum Gasteiger partial charge on any atom is -0.477 e. The zero-order valence-corrected chi connectivity index (χ0v) is 13.1. The molecule has 1 N–H and O–H groups in total. The lowest BCUT2D eigenvalue weighted by Gasteiger charge is -2.30. The number of hydrogen-bond acceptors (Lipinski definition) is 5. The molecule has 0 aliphatic carbocycles. The van der Waals surface area contributed by atoms with E-state index in [9.17, 15) is 0 Å². The van der Waals surface area contributed by atoms with Gasteiger partial charge in [0.05, 0.1) is 6.61 Å². The van der Waals surface area contributed by atoms with Gasteiger partial charge in [0.1, 0.15) is 5.71 Å². The Kier molecular flexibility index (Phi) is 8.14. The Labute approximate surface area is 122 Å². The van der Waals surface area contributed by atoms with Crippen LogP contribution in [0.2, 0.25) is 0 Å². The van der Waals surface area contributed by atoms with Gasteiger partial charge in [-0.3, -0.25) is 5.41 Å². The molecule has 0 aromatic rings. The van der Waals surface area contributed by atoms with E-state index in [4.69, 9.17) is 10.1 Å². The van der Waals surface area contributed by atoms with Crippen molar-refractivity contribution in [3.8, 4) is 0 Å². The maximum atomic E-state index is 8.01. The third kappa shape index (κ3) is 5.95. The van der Waals surface area contributed by atoms with E-state index in [0.717, 1.165) is 32.4 Å². The summed E-state index contributed by atoms with van der Waals surface area (Å²) in [5, 5.41) is 8.01. The molecule has 5 heteroatoms. The largest absolute Gasteiger partial charge is 0.477 e. The molecule has 1 fully saturated rings. The smallest absolute Gasteiger partial charge is 0.229 e. The van der Waals surface area contributed by atoms with E-state index in [1.165, 1.54) is 19.3 Å². The predicted molar refractivity (Wildman–Crippen MR) is 84.5 cm³/mol. The molecular weight excluding hydrogens is 258 g/mol. The van der Waals surface area contributed by atoms with E-state index in [1.807, 2.05) is 0 Å². The molecule has 1 heterocycles. The highest BCUT2D eigenvalue weighted by Crippen LogP contribution is 2.18. The Hall–Kier alpha value is -0.550. The van der Waals surface area contributed by atoms with Crippen LogP contribution in [0.15, 0.2) is 4.40 Å². The Morgan fingerprint density at radius 3 is 2.84 bits per heavy atom. The van der Waals surface area contributed by atoms with Crippen LogP contribution < -0.4 is 0 Å². The molecule has 1 rings (SSSR count). The second-order valence-electron chi connectivity index (χ2n) is 5.32. The van der Waals surface area contributed by atoms with Crippen LogP contribution in [0.4, 0.5) is 0 Å². The van der Waals surface area contributed by atoms with Gasteiger partial charge in [0.15, 0.2) is 0 Å². The molecule has 0 aromatic heterocycles. The van der Waals surface area contributed by atoms with Crippen LogP contribution in [-0.4, -0.2) is 43.3 Å². The Balaban J connectivity index is 2.35. The monoisotopic (exact) mass is 285 g/mol. The van der Waals surface area contributed by atoms with E-state index >= 15 is 0 Å². The summed E-state index contributed by atoms with van der Waals surface area (Å²) in [7, 11) is 2.11. The van der Waals surface area contributed by atoms with Crippen molar-refractivity contribution < 1.29 is 4.74 Å². The fraction of sp³-hybridized carbons (Fsp3) is 0.857. The number of likely N-dealkylation sites (tertiary alicyclic amines) is 1. The van der Waals surface area contributed by atoms with Crippen molar-refractivity contribution in [3.63, 3.8) is 0 Å². The zero-order chi connectivity index (χ0) is 14.1. The maximum absolute atomic E-state index is 8.01. The molecule has 4 nitrogen and oxygen atoms in total. The van der Waals surface area contributed by atoms with Gasteiger partial charge in [0.25, 0.3) is 0 Å². The van der Waals surface area contributed by atoms with Crippen molar-refractivity contribution in [2.75, 3.05) is 26.7 Å². The fourth-order valence-corrected chi connectivity index (χ4v) is 2.73. The Morgan fingerprint density at radius 2 is 2.21 bits per heavy atom. The zero-order valence-electron chi connectivity index (χ0n) is 12.2. The summed E-state index contributed by atoms with van der Waals surface area (Å²) in [6.07, 6.45) is 6.86. The van der Waals surface area contributed by atoms with E-state index in [-0.39, 0.29) is 5.90 Å². The van der Waals surface area contributed by atoms with Gasteiger partial charge in [-0.2, -0.15) is 0 Å². The number of thiol groups is 1. The maximum Gasteiger partial charge on any atom is 0.229 e. The first kappa shape index (κ1) is 16.5. The van der Waals surface area contributed by atoms with Crippen molar-refractivity contribution in [1.29, 1.82) is 5.41 Å². The third-order valence-electron chi connectivity index (χ3n) is 3.60. The molecule has 1 unspecified atom stereocenters. The minimum absolute atomic E-state index is 0.215. The van der Waals surface area contributed by atoms with Crippen LogP contribution in [0.25, 0.3) is 0 Å². The van der Waals surface area contributed by atoms with Crippen LogP contribution in [0.1, 0.15) is 45.4 Å². The van der Waals surface area contributed by atoms with Crippen molar-refractivity contribution in [1.82, 2.24) is 4.90 Å². The van der Waals surface area contributed by atoms with Crippen molar-refractivity contribution in [2.24, 2.45) is 10.3 Å². The normalized spacial score (nSPS) is 21.4. The number of nitrogens with one attached hydrogen (secondary N) is 1. The quantitative estimate of drug-likeness (QED) is 0.327. The number of piperidine rings is 1. The summed E-state index contributed by atoms with van der Waals surface area (Å²) in [5.41, 5.74) is 0.713. The van der Waals surface area contributed by atoms with Crippen LogP contribution in [0, 0.1) is 11.3 Å². The Morgan fingerprint density at radius 1 is 1.42 bits per heavy atom. The van der Waals surface area contributed by atoms with Crippen molar-refractivity contribution >= 4 is 24.4 Å². The average molecular weight is 285 g/mol. The molecule has 1 aliphatic rings. The minimum atomic E-state index is 0.215. The number of rotatable bonds is 7. The number of ether oxygens (including phenoxy) is 1. The second kappa shape index (κ2) is 9.37. The van der Waals surface area contributed by atoms with Gasteiger partial charge in [0, 0.05) is 12.5 Å². The first-order valence-electron chi connectivity index (χ1n) is 7.31. The SMILES string of the molecule is CCCCCCOC(=N)/C(=N\S)C1CCCN(C)C1.